The van der Waals surface area contributed by atoms with Gasteiger partial charge in [-0.15, -0.1) is 11.3 Å². The quantitative estimate of drug-likeness (QED) is 0.534. The van der Waals surface area contributed by atoms with Crippen molar-refractivity contribution < 1.29 is 14.3 Å². The molecule has 0 atom stereocenters. The standard InChI is InChI=1S/C25H33N7O3S/c1-16(2)24(33)31-6-4-30(5-7-31)14-18-15-36-22-20(17-12-19(26)23(34-3)27-13-17)28-25(29-21(18)22)32-8-10-35-11-9-32/h12-13,15-16H,4-11,14,26H2,1-3H3. The van der Waals surface area contributed by atoms with Gasteiger partial charge in [-0.2, -0.15) is 0 Å². The molecule has 0 saturated carbocycles. The van der Waals surface area contributed by atoms with Gasteiger partial charge in [-0.25, -0.2) is 15.0 Å². The number of thiophene rings is 1. The van der Waals surface area contributed by atoms with Crippen molar-refractivity contribution in [3.05, 3.63) is 23.2 Å². The molecule has 2 N–H and O–H groups in total. The summed E-state index contributed by atoms with van der Waals surface area (Å²) in [4.78, 5) is 33.3. The van der Waals surface area contributed by atoms with Gasteiger partial charge < -0.3 is 25.0 Å². The minimum Gasteiger partial charge on any atom is -0.480 e. The molecule has 10 nitrogen and oxygen atoms in total. The predicted octanol–water partition coefficient (Wildman–Crippen LogP) is 2.48. The van der Waals surface area contributed by atoms with Gasteiger partial charge in [-0.3, -0.25) is 9.69 Å². The molecular weight excluding hydrogens is 478 g/mol. The van der Waals surface area contributed by atoms with E-state index in [0.29, 0.717) is 30.7 Å². The van der Waals surface area contributed by atoms with Crippen LogP contribution in [-0.4, -0.2) is 90.3 Å². The van der Waals surface area contributed by atoms with Crippen LogP contribution in [0.1, 0.15) is 19.4 Å². The average molecular weight is 512 g/mol. The third-order valence-corrected chi connectivity index (χ3v) is 7.71. The van der Waals surface area contributed by atoms with E-state index in [1.807, 2.05) is 24.8 Å². The lowest BCUT2D eigenvalue weighted by molar-refractivity contribution is -0.136. The number of amides is 1. The summed E-state index contributed by atoms with van der Waals surface area (Å²) in [6.07, 6.45) is 1.75. The Morgan fingerprint density at radius 3 is 2.58 bits per heavy atom. The van der Waals surface area contributed by atoms with E-state index in [-0.39, 0.29) is 11.8 Å². The average Bonchev–Trinajstić information content (AvgIpc) is 3.31. The van der Waals surface area contributed by atoms with Gasteiger partial charge in [0.25, 0.3) is 0 Å². The number of morpholine rings is 1. The summed E-state index contributed by atoms with van der Waals surface area (Å²) in [6, 6.07) is 1.86. The number of nitrogens with two attached hydrogens (primary N) is 1. The number of carbonyl (C=O) groups is 1. The molecule has 0 bridgehead atoms. The zero-order valence-electron chi connectivity index (χ0n) is 21.1. The number of carbonyl (C=O) groups excluding carboxylic acids is 1. The molecule has 0 radical (unpaired) electrons. The smallest absolute Gasteiger partial charge is 0.236 e. The molecule has 2 saturated heterocycles. The second-order valence-electron chi connectivity index (χ2n) is 9.49. The normalized spacial score (nSPS) is 17.2. The van der Waals surface area contributed by atoms with E-state index in [4.69, 9.17) is 25.2 Å². The van der Waals surface area contributed by atoms with E-state index >= 15 is 0 Å². The van der Waals surface area contributed by atoms with E-state index in [2.05, 4.69) is 20.2 Å². The summed E-state index contributed by atoms with van der Waals surface area (Å²) in [6.45, 7) is 10.7. The second kappa shape index (κ2) is 10.5. The molecule has 11 heteroatoms. The largest absolute Gasteiger partial charge is 0.480 e. The number of ether oxygens (including phenoxy) is 2. The third kappa shape index (κ3) is 4.95. The lowest BCUT2D eigenvalue weighted by Gasteiger charge is -2.35. The summed E-state index contributed by atoms with van der Waals surface area (Å²) in [5, 5.41) is 2.18. The van der Waals surface area contributed by atoms with Crippen molar-refractivity contribution in [3.8, 4) is 17.1 Å². The Labute approximate surface area is 215 Å². The molecule has 192 valence electrons. The number of hydrogen-bond acceptors (Lipinski definition) is 10. The van der Waals surface area contributed by atoms with Gasteiger partial charge in [0.1, 0.15) is 0 Å². The van der Waals surface area contributed by atoms with E-state index in [1.165, 1.54) is 5.56 Å². The lowest BCUT2D eigenvalue weighted by atomic mass is 10.1. The molecule has 0 spiro atoms. The molecule has 0 aliphatic carbocycles. The molecular formula is C25H33N7O3S. The van der Waals surface area contributed by atoms with Crippen molar-refractivity contribution >= 4 is 39.1 Å². The number of rotatable bonds is 6. The number of fused-ring (bicyclic) bond motifs is 1. The van der Waals surface area contributed by atoms with Gasteiger partial charge in [0, 0.05) is 69.1 Å². The first-order chi connectivity index (χ1) is 17.4. The van der Waals surface area contributed by atoms with Crippen LogP contribution in [0.25, 0.3) is 21.5 Å². The molecule has 36 heavy (non-hydrogen) atoms. The fourth-order valence-electron chi connectivity index (χ4n) is 4.67. The highest BCUT2D eigenvalue weighted by molar-refractivity contribution is 7.17. The number of methoxy groups -OCH3 is 1. The first kappa shape index (κ1) is 24.7. The van der Waals surface area contributed by atoms with Crippen LogP contribution in [0.4, 0.5) is 11.6 Å². The Kier molecular flexibility index (Phi) is 7.22. The molecule has 1 amide bonds. The molecule has 0 aromatic carbocycles. The highest BCUT2D eigenvalue weighted by atomic mass is 32.1. The van der Waals surface area contributed by atoms with E-state index in [0.717, 1.165) is 67.3 Å². The van der Waals surface area contributed by atoms with E-state index < -0.39 is 0 Å². The predicted molar refractivity (Wildman–Crippen MR) is 141 cm³/mol. The van der Waals surface area contributed by atoms with Gasteiger partial charge in [0.05, 0.1) is 41.9 Å². The minimum atomic E-state index is 0.0348. The SMILES string of the molecule is COc1ncc(-c2nc(N3CCOCC3)nc3c(CN4CCN(C(=O)C(C)C)CC4)csc23)cc1N. The highest BCUT2D eigenvalue weighted by Gasteiger charge is 2.25. The van der Waals surface area contributed by atoms with Gasteiger partial charge in [-0.1, -0.05) is 13.8 Å². The van der Waals surface area contributed by atoms with Crippen molar-refractivity contribution in [1.29, 1.82) is 0 Å². The highest BCUT2D eigenvalue weighted by Crippen LogP contribution is 2.36. The first-order valence-electron chi connectivity index (χ1n) is 12.4. The van der Waals surface area contributed by atoms with Crippen LogP contribution >= 0.6 is 11.3 Å². The van der Waals surface area contributed by atoms with Crippen LogP contribution in [0.5, 0.6) is 5.88 Å². The van der Waals surface area contributed by atoms with E-state index in [9.17, 15) is 4.79 Å². The topological polar surface area (TPSA) is 110 Å². The number of anilines is 2. The Morgan fingerprint density at radius 2 is 1.92 bits per heavy atom. The lowest BCUT2D eigenvalue weighted by Crippen LogP contribution is -2.49. The molecule has 2 fully saturated rings. The van der Waals surface area contributed by atoms with Crippen LogP contribution in [0.15, 0.2) is 17.6 Å². The van der Waals surface area contributed by atoms with Gasteiger partial charge in [0.2, 0.25) is 17.7 Å². The monoisotopic (exact) mass is 511 g/mol. The van der Waals surface area contributed by atoms with Crippen LogP contribution in [-0.2, 0) is 16.1 Å². The molecule has 2 aliphatic heterocycles. The second-order valence-corrected chi connectivity index (χ2v) is 10.4. The number of hydrogen-bond donors (Lipinski definition) is 1. The maximum absolute atomic E-state index is 12.4. The maximum Gasteiger partial charge on any atom is 0.236 e. The fraction of sp³-hybridized carbons (Fsp3) is 0.520. The number of piperazine rings is 1. The number of pyridine rings is 1. The Bertz CT molecular complexity index is 1230. The van der Waals surface area contributed by atoms with Gasteiger partial charge >= 0.3 is 0 Å². The molecule has 5 rings (SSSR count). The van der Waals surface area contributed by atoms with Crippen molar-refractivity contribution in [2.45, 2.75) is 20.4 Å². The van der Waals surface area contributed by atoms with Crippen LogP contribution in [0, 0.1) is 5.92 Å². The summed E-state index contributed by atoms with van der Waals surface area (Å²) < 4.78 is 11.8. The zero-order valence-corrected chi connectivity index (χ0v) is 21.9. The molecule has 3 aromatic heterocycles. The third-order valence-electron chi connectivity index (χ3n) is 6.69. The summed E-state index contributed by atoms with van der Waals surface area (Å²) in [5.74, 6) is 1.37. The minimum absolute atomic E-state index is 0.0348. The van der Waals surface area contributed by atoms with Crippen molar-refractivity contribution in [2.24, 2.45) is 5.92 Å². The Morgan fingerprint density at radius 1 is 1.17 bits per heavy atom. The molecule has 5 heterocycles. The van der Waals surface area contributed by atoms with Gasteiger partial charge in [-0.05, 0) is 11.4 Å². The fourth-order valence-corrected chi connectivity index (χ4v) is 5.68. The van der Waals surface area contributed by atoms with Gasteiger partial charge in [0.15, 0.2) is 0 Å². The zero-order chi connectivity index (χ0) is 25.2. The molecule has 3 aromatic rings. The number of aromatic nitrogens is 3. The molecule has 2 aliphatic rings. The van der Waals surface area contributed by atoms with Crippen LogP contribution in [0.2, 0.25) is 0 Å². The first-order valence-corrected chi connectivity index (χ1v) is 13.2. The Hall–Kier alpha value is -3.02. The molecule has 0 unspecified atom stereocenters. The van der Waals surface area contributed by atoms with Crippen molar-refractivity contribution in [1.82, 2.24) is 24.8 Å². The van der Waals surface area contributed by atoms with Crippen LogP contribution in [0.3, 0.4) is 0 Å². The van der Waals surface area contributed by atoms with Crippen molar-refractivity contribution in [2.75, 3.05) is 70.2 Å². The summed E-state index contributed by atoms with van der Waals surface area (Å²) in [5.41, 5.74) is 10.5. The maximum atomic E-state index is 12.4. The summed E-state index contributed by atoms with van der Waals surface area (Å²) in [7, 11) is 1.56. The summed E-state index contributed by atoms with van der Waals surface area (Å²) >= 11 is 1.65. The van der Waals surface area contributed by atoms with Crippen molar-refractivity contribution in [3.63, 3.8) is 0 Å². The van der Waals surface area contributed by atoms with Crippen LogP contribution < -0.4 is 15.4 Å². The van der Waals surface area contributed by atoms with E-state index in [1.54, 1.807) is 24.6 Å². The Balaban J connectivity index is 1.47. The number of nitrogens with zero attached hydrogens (tertiary/aromatic N) is 6. The number of nitrogen functional groups attached to an aromatic ring is 1.